The molecule has 2 amide bonds. The van der Waals surface area contributed by atoms with E-state index >= 15 is 0 Å². The first kappa shape index (κ1) is 29.0. The number of halogens is 1. The lowest BCUT2D eigenvalue weighted by molar-refractivity contribution is -0.139. The summed E-state index contributed by atoms with van der Waals surface area (Å²) in [6.07, 6.45) is 0. The summed E-state index contributed by atoms with van der Waals surface area (Å²) in [6.45, 7) is 4.74. The second kappa shape index (κ2) is 12.8. The third-order valence-electron chi connectivity index (χ3n) is 5.87. The molecule has 0 aliphatic rings. The molecule has 0 fully saturated rings. The van der Waals surface area contributed by atoms with Crippen LogP contribution in [0.15, 0.2) is 83.8 Å². The number of carbonyl (C=O) groups is 2. The Hall–Kier alpha value is -3.56. The number of hydrogen-bond acceptors (Lipinski definition) is 5. The first-order valence-corrected chi connectivity index (χ1v) is 13.9. The van der Waals surface area contributed by atoms with Crippen molar-refractivity contribution in [1.82, 2.24) is 10.2 Å². The first-order valence-electron chi connectivity index (χ1n) is 12.1. The topological polar surface area (TPSA) is 96.0 Å². The van der Waals surface area contributed by atoms with Crippen LogP contribution in [0.4, 0.5) is 5.69 Å². The summed E-state index contributed by atoms with van der Waals surface area (Å²) < 4.78 is 33.7. The molecule has 3 aromatic rings. The van der Waals surface area contributed by atoms with Crippen LogP contribution in [-0.2, 0) is 26.2 Å². The molecule has 3 aromatic carbocycles. The second-order valence-electron chi connectivity index (χ2n) is 8.98. The summed E-state index contributed by atoms with van der Waals surface area (Å²) in [5, 5.41) is 3.26. The fourth-order valence-electron chi connectivity index (χ4n) is 3.79. The standard InChI is InChI=1S/C28H32ClN3O5S/c1-20(2)30-28(34)21(3)31(18-22-10-8-9-13-26(22)29)27(33)19-32(23-14-16-24(37-4)17-15-23)38(35,36)25-11-6-5-7-12-25/h5-17,20-21H,18-19H2,1-4H3,(H,30,34)/t21-/m0/s1. The molecule has 8 nitrogen and oxygen atoms in total. The van der Waals surface area contributed by atoms with Crippen LogP contribution in [0.2, 0.25) is 5.02 Å². The van der Waals surface area contributed by atoms with Crippen LogP contribution >= 0.6 is 11.6 Å². The first-order chi connectivity index (χ1) is 18.0. The summed E-state index contributed by atoms with van der Waals surface area (Å²) >= 11 is 6.37. The van der Waals surface area contributed by atoms with Crippen molar-refractivity contribution in [2.45, 2.75) is 44.3 Å². The Morgan fingerprint density at radius 1 is 0.921 bits per heavy atom. The zero-order chi connectivity index (χ0) is 27.9. The van der Waals surface area contributed by atoms with Crippen LogP contribution in [0.5, 0.6) is 5.75 Å². The maximum absolute atomic E-state index is 13.8. The van der Waals surface area contributed by atoms with E-state index in [-0.39, 0.29) is 29.1 Å². The SMILES string of the molecule is COc1ccc(N(CC(=O)N(Cc2ccccc2Cl)[C@@H](C)C(=O)NC(C)C)S(=O)(=O)c2ccccc2)cc1. The summed E-state index contributed by atoms with van der Waals surface area (Å²) in [5.41, 5.74) is 0.911. The molecular formula is C28H32ClN3O5S. The van der Waals surface area contributed by atoms with E-state index < -0.39 is 28.5 Å². The summed E-state index contributed by atoms with van der Waals surface area (Å²) in [6, 6.07) is 20.2. The molecule has 0 radical (unpaired) electrons. The smallest absolute Gasteiger partial charge is 0.264 e. The van der Waals surface area contributed by atoms with E-state index in [1.807, 2.05) is 13.8 Å². The molecular weight excluding hydrogens is 526 g/mol. The van der Waals surface area contributed by atoms with Gasteiger partial charge < -0.3 is 15.0 Å². The molecule has 0 aliphatic carbocycles. The predicted molar refractivity (Wildman–Crippen MR) is 149 cm³/mol. The highest BCUT2D eigenvalue weighted by molar-refractivity contribution is 7.92. The highest BCUT2D eigenvalue weighted by atomic mass is 35.5. The number of methoxy groups -OCH3 is 1. The minimum atomic E-state index is -4.13. The van der Waals surface area contributed by atoms with Gasteiger partial charge in [-0.3, -0.25) is 13.9 Å². The number of amides is 2. The Kier molecular flexibility index (Phi) is 9.77. The average Bonchev–Trinajstić information content (AvgIpc) is 2.91. The predicted octanol–water partition coefficient (Wildman–Crippen LogP) is 4.49. The van der Waals surface area contributed by atoms with Gasteiger partial charge in [0.25, 0.3) is 10.0 Å². The lowest BCUT2D eigenvalue weighted by Crippen LogP contribution is -2.52. The van der Waals surface area contributed by atoms with E-state index in [1.165, 1.54) is 24.1 Å². The molecule has 1 N–H and O–H groups in total. The zero-order valence-corrected chi connectivity index (χ0v) is 23.4. The molecule has 0 spiro atoms. The number of rotatable bonds is 11. The van der Waals surface area contributed by atoms with Crippen molar-refractivity contribution in [1.29, 1.82) is 0 Å². The minimum absolute atomic E-state index is 0.0209. The van der Waals surface area contributed by atoms with E-state index in [0.717, 1.165) is 4.31 Å². The van der Waals surface area contributed by atoms with Crippen molar-refractivity contribution in [2.75, 3.05) is 18.0 Å². The van der Waals surface area contributed by atoms with Gasteiger partial charge in [-0.2, -0.15) is 0 Å². The van der Waals surface area contributed by atoms with Gasteiger partial charge in [-0.15, -0.1) is 0 Å². The Balaban J connectivity index is 2.03. The largest absolute Gasteiger partial charge is 0.497 e. The quantitative estimate of drug-likeness (QED) is 0.375. The normalized spacial score (nSPS) is 12.1. The van der Waals surface area contributed by atoms with E-state index in [0.29, 0.717) is 16.3 Å². The molecule has 3 rings (SSSR count). The van der Waals surface area contributed by atoms with E-state index in [4.69, 9.17) is 16.3 Å². The van der Waals surface area contributed by atoms with Crippen molar-refractivity contribution in [3.05, 3.63) is 89.4 Å². The van der Waals surface area contributed by atoms with Gasteiger partial charge in [-0.1, -0.05) is 48.0 Å². The van der Waals surface area contributed by atoms with E-state index in [2.05, 4.69) is 5.32 Å². The molecule has 0 bridgehead atoms. The molecule has 0 aliphatic heterocycles. The Bertz CT molecular complexity index is 1350. The minimum Gasteiger partial charge on any atom is -0.497 e. The Morgan fingerprint density at radius 2 is 1.53 bits per heavy atom. The van der Waals surface area contributed by atoms with Crippen LogP contribution in [0.25, 0.3) is 0 Å². The fourth-order valence-corrected chi connectivity index (χ4v) is 5.43. The lowest BCUT2D eigenvalue weighted by atomic mass is 10.1. The maximum atomic E-state index is 13.8. The molecule has 38 heavy (non-hydrogen) atoms. The molecule has 202 valence electrons. The Morgan fingerprint density at radius 3 is 2.11 bits per heavy atom. The number of anilines is 1. The van der Waals surface area contributed by atoms with Gasteiger partial charge in [0.15, 0.2) is 0 Å². The van der Waals surface area contributed by atoms with Crippen LogP contribution in [0.3, 0.4) is 0 Å². The van der Waals surface area contributed by atoms with Crippen molar-refractivity contribution in [2.24, 2.45) is 0 Å². The summed E-state index contributed by atoms with van der Waals surface area (Å²) in [7, 11) is -2.62. The number of nitrogens with zero attached hydrogens (tertiary/aromatic N) is 2. The van der Waals surface area contributed by atoms with Crippen molar-refractivity contribution >= 4 is 39.1 Å². The number of hydrogen-bond donors (Lipinski definition) is 1. The molecule has 0 unspecified atom stereocenters. The van der Waals surface area contributed by atoms with Crippen LogP contribution in [-0.4, -0.2) is 50.9 Å². The second-order valence-corrected chi connectivity index (χ2v) is 11.2. The molecule has 1 atom stereocenters. The molecule has 10 heteroatoms. The summed E-state index contributed by atoms with van der Waals surface area (Å²) in [5.74, 6) is -0.384. The molecule has 0 saturated carbocycles. The van der Waals surface area contributed by atoms with Gasteiger partial charge in [0.2, 0.25) is 11.8 Å². The number of nitrogens with one attached hydrogen (secondary N) is 1. The van der Waals surface area contributed by atoms with Gasteiger partial charge in [0.05, 0.1) is 17.7 Å². The average molecular weight is 558 g/mol. The lowest BCUT2D eigenvalue weighted by Gasteiger charge is -2.32. The van der Waals surface area contributed by atoms with Crippen LogP contribution < -0.4 is 14.4 Å². The highest BCUT2D eigenvalue weighted by Gasteiger charge is 2.32. The summed E-state index contributed by atoms with van der Waals surface area (Å²) in [4.78, 5) is 28.2. The number of ether oxygens (including phenoxy) is 1. The number of benzene rings is 3. The van der Waals surface area contributed by atoms with E-state index in [1.54, 1.807) is 73.7 Å². The maximum Gasteiger partial charge on any atom is 0.264 e. The highest BCUT2D eigenvalue weighted by Crippen LogP contribution is 2.27. The van der Waals surface area contributed by atoms with E-state index in [9.17, 15) is 18.0 Å². The van der Waals surface area contributed by atoms with Gasteiger partial charge in [0.1, 0.15) is 18.3 Å². The van der Waals surface area contributed by atoms with Gasteiger partial charge >= 0.3 is 0 Å². The zero-order valence-electron chi connectivity index (χ0n) is 21.8. The van der Waals surface area contributed by atoms with Crippen LogP contribution in [0.1, 0.15) is 26.3 Å². The number of sulfonamides is 1. The third kappa shape index (κ3) is 7.05. The molecule has 0 aromatic heterocycles. The van der Waals surface area contributed by atoms with Gasteiger partial charge in [-0.05, 0) is 68.8 Å². The Labute approximate surface area is 229 Å². The van der Waals surface area contributed by atoms with Crippen molar-refractivity contribution in [3.63, 3.8) is 0 Å². The molecule has 0 heterocycles. The third-order valence-corrected chi connectivity index (χ3v) is 8.02. The number of carbonyl (C=O) groups excluding carboxylic acids is 2. The van der Waals surface area contributed by atoms with Gasteiger partial charge in [0, 0.05) is 17.6 Å². The van der Waals surface area contributed by atoms with Crippen molar-refractivity contribution in [3.8, 4) is 5.75 Å². The van der Waals surface area contributed by atoms with Crippen LogP contribution in [0, 0.1) is 0 Å². The monoisotopic (exact) mass is 557 g/mol. The fraction of sp³-hybridized carbons (Fsp3) is 0.286. The molecule has 0 saturated heterocycles. The van der Waals surface area contributed by atoms with Crippen molar-refractivity contribution < 1.29 is 22.7 Å². The van der Waals surface area contributed by atoms with Gasteiger partial charge in [-0.25, -0.2) is 8.42 Å².